The van der Waals surface area contributed by atoms with E-state index < -0.39 is 6.09 Å². The summed E-state index contributed by atoms with van der Waals surface area (Å²) < 4.78 is 4.64. The van der Waals surface area contributed by atoms with Crippen LogP contribution in [-0.2, 0) is 9.53 Å². The molecule has 25 heavy (non-hydrogen) atoms. The highest BCUT2D eigenvalue weighted by molar-refractivity contribution is 6.37. The summed E-state index contributed by atoms with van der Waals surface area (Å²) in [5.74, 6) is -0.329. The van der Waals surface area contributed by atoms with Crippen LogP contribution in [0.3, 0.4) is 0 Å². The van der Waals surface area contributed by atoms with Crippen LogP contribution in [0.15, 0.2) is 48.5 Å². The minimum Gasteiger partial charge on any atom is -0.452 e. The predicted octanol–water partition coefficient (Wildman–Crippen LogP) is 4.85. The number of anilines is 2. The fourth-order valence-electron chi connectivity index (χ4n) is 2.02. The van der Waals surface area contributed by atoms with E-state index in [-0.39, 0.29) is 5.91 Å². The van der Waals surface area contributed by atoms with Gasteiger partial charge >= 0.3 is 6.09 Å². The lowest BCUT2D eigenvalue weighted by atomic mass is 10.2. The van der Waals surface area contributed by atoms with Crippen molar-refractivity contribution in [1.82, 2.24) is 0 Å². The molecule has 0 heterocycles. The zero-order valence-electron chi connectivity index (χ0n) is 13.6. The quantitative estimate of drug-likeness (QED) is 0.773. The number of hydrogen-bond acceptors (Lipinski definition) is 3. The van der Waals surface area contributed by atoms with E-state index in [0.717, 1.165) is 0 Å². The molecule has 0 aliphatic rings. The van der Waals surface area contributed by atoms with Gasteiger partial charge in [0.1, 0.15) is 0 Å². The average Bonchev–Trinajstić information content (AvgIpc) is 2.60. The molecule has 130 valence electrons. The Bertz CT molecular complexity index is 784. The highest BCUT2D eigenvalue weighted by atomic mass is 35.5. The van der Waals surface area contributed by atoms with Crippen molar-refractivity contribution in [2.24, 2.45) is 0 Å². The van der Waals surface area contributed by atoms with Crippen molar-refractivity contribution < 1.29 is 14.3 Å². The van der Waals surface area contributed by atoms with Crippen LogP contribution >= 0.6 is 23.2 Å². The Hall–Kier alpha value is -2.50. The fraction of sp³-hybridized carbons (Fsp3) is 0.111. The van der Waals surface area contributed by atoms with Crippen molar-refractivity contribution in [1.29, 1.82) is 0 Å². The fourth-order valence-corrected chi connectivity index (χ4v) is 2.55. The van der Waals surface area contributed by atoms with Crippen LogP contribution in [0.5, 0.6) is 0 Å². The maximum Gasteiger partial charge on any atom is 0.413 e. The smallest absolute Gasteiger partial charge is 0.413 e. The Morgan fingerprint density at radius 1 is 1.08 bits per heavy atom. The molecule has 2 aromatic rings. The number of carbonyl (C=O) groups excluding carboxylic acids is 2. The molecule has 0 atom stereocenters. The third-order valence-electron chi connectivity index (χ3n) is 3.37. The molecule has 0 aliphatic carbocycles. The molecular formula is C18H16Cl2N2O3. The van der Waals surface area contributed by atoms with Gasteiger partial charge in [-0.3, -0.25) is 9.69 Å². The molecule has 7 heteroatoms. The zero-order valence-corrected chi connectivity index (χ0v) is 15.1. The van der Waals surface area contributed by atoms with Gasteiger partial charge in [0.2, 0.25) is 5.91 Å². The average molecular weight is 379 g/mol. The summed E-state index contributed by atoms with van der Waals surface area (Å²) in [5.41, 5.74) is 1.81. The minimum absolute atomic E-state index is 0.329. The van der Waals surface area contributed by atoms with Gasteiger partial charge in [-0.2, -0.15) is 0 Å². The van der Waals surface area contributed by atoms with Crippen LogP contribution < -0.4 is 10.2 Å². The molecule has 0 radical (unpaired) electrons. The van der Waals surface area contributed by atoms with Crippen molar-refractivity contribution in [3.63, 3.8) is 0 Å². The maximum atomic E-state index is 12.0. The Morgan fingerprint density at radius 2 is 1.68 bits per heavy atom. The topological polar surface area (TPSA) is 58.6 Å². The highest BCUT2D eigenvalue weighted by Gasteiger charge is 2.10. The van der Waals surface area contributed by atoms with E-state index in [1.165, 1.54) is 18.1 Å². The molecule has 0 fully saturated rings. The van der Waals surface area contributed by atoms with E-state index in [0.29, 0.717) is 27.0 Å². The van der Waals surface area contributed by atoms with Crippen molar-refractivity contribution in [2.45, 2.75) is 0 Å². The Kier molecular flexibility index (Phi) is 6.44. The third-order valence-corrected chi connectivity index (χ3v) is 4.03. The third kappa shape index (κ3) is 4.98. The van der Waals surface area contributed by atoms with Crippen LogP contribution in [0.2, 0.25) is 10.0 Å². The van der Waals surface area contributed by atoms with Gasteiger partial charge in [-0.25, -0.2) is 4.79 Å². The van der Waals surface area contributed by atoms with Gasteiger partial charge in [-0.15, -0.1) is 0 Å². The van der Waals surface area contributed by atoms with E-state index in [1.54, 1.807) is 55.6 Å². The Labute approximate surface area is 155 Å². The molecule has 0 aromatic heterocycles. The van der Waals surface area contributed by atoms with Gasteiger partial charge < -0.3 is 10.1 Å². The molecule has 2 rings (SSSR count). The summed E-state index contributed by atoms with van der Waals surface area (Å²) >= 11 is 12.1. The van der Waals surface area contributed by atoms with Gasteiger partial charge in [0, 0.05) is 40.1 Å². The second kappa shape index (κ2) is 8.55. The number of benzene rings is 2. The van der Waals surface area contributed by atoms with E-state index in [4.69, 9.17) is 23.2 Å². The number of nitrogens with one attached hydrogen (secondary N) is 1. The van der Waals surface area contributed by atoms with Crippen LogP contribution in [0.25, 0.3) is 6.08 Å². The lowest BCUT2D eigenvalue weighted by molar-refractivity contribution is -0.111. The van der Waals surface area contributed by atoms with E-state index in [9.17, 15) is 9.59 Å². The number of nitrogens with zero attached hydrogens (tertiary/aromatic N) is 1. The van der Waals surface area contributed by atoms with Crippen LogP contribution in [0, 0.1) is 0 Å². The molecule has 0 unspecified atom stereocenters. The van der Waals surface area contributed by atoms with Crippen molar-refractivity contribution in [3.05, 3.63) is 64.1 Å². The maximum absolute atomic E-state index is 12.0. The second-order valence-electron chi connectivity index (χ2n) is 5.03. The first kappa shape index (κ1) is 18.8. The molecule has 0 spiro atoms. The number of amides is 2. The molecule has 0 saturated carbocycles. The number of ether oxygens (including phenoxy) is 1. The molecule has 0 bridgehead atoms. The molecule has 0 saturated heterocycles. The first-order valence-corrected chi connectivity index (χ1v) is 8.03. The Morgan fingerprint density at radius 3 is 2.24 bits per heavy atom. The van der Waals surface area contributed by atoms with Crippen LogP contribution in [0.4, 0.5) is 16.2 Å². The highest BCUT2D eigenvalue weighted by Crippen LogP contribution is 2.25. The van der Waals surface area contributed by atoms with Gasteiger partial charge in [0.15, 0.2) is 0 Å². The number of methoxy groups -OCH3 is 1. The molecule has 2 amide bonds. The standard InChI is InChI=1S/C18H16Cl2N2O3/c1-22(18(24)25-2)13-8-6-12(7-9-13)21-17(23)11-10-14-15(19)4-3-5-16(14)20/h3-11H,1-2H3,(H,21,23)/b11-10+. The van der Waals surface area contributed by atoms with E-state index in [1.807, 2.05) is 0 Å². The summed E-state index contributed by atoms with van der Waals surface area (Å²) in [5, 5.41) is 3.64. The lowest BCUT2D eigenvalue weighted by Gasteiger charge is -2.15. The second-order valence-corrected chi connectivity index (χ2v) is 5.85. The van der Waals surface area contributed by atoms with E-state index >= 15 is 0 Å². The van der Waals surface area contributed by atoms with Crippen LogP contribution in [-0.4, -0.2) is 26.2 Å². The van der Waals surface area contributed by atoms with E-state index in [2.05, 4.69) is 10.1 Å². The monoisotopic (exact) mass is 378 g/mol. The van der Waals surface area contributed by atoms with Gasteiger partial charge in [-0.1, -0.05) is 29.3 Å². The van der Waals surface area contributed by atoms with Crippen LogP contribution in [0.1, 0.15) is 5.56 Å². The number of halogens is 2. The molecular weight excluding hydrogens is 363 g/mol. The molecule has 0 aliphatic heterocycles. The van der Waals surface area contributed by atoms with Gasteiger partial charge in [-0.05, 0) is 42.5 Å². The largest absolute Gasteiger partial charge is 0.452 e. The van der Waals surface area contributed by atoms with Crippen molar-refractivity contribution in [2.75, 3.05) is 24.4 Å². The first-order valence-electron chi connectivity index (χ1n) is 7.27. The van der Waals surface area contributed by atoms with Gasteiger partial charge in [0.05, 0.1) is 7.11 Å². The normalized spacial score (nSPS) is 10.6. The summed E-state index contributed by atoms with van der Waals surface area (Å²) in [4.78, 5) is 24.8. The number of carbonyl (C=O) groups is 2. The van der Waals surface area contributed by atoms with Crippen molar-refractivity contribution in [3.8, 4) is 0 Å². The summed E-state index contributed by atoms with van der Waals surface area (Å²) in [6.45, 7) is 0. The zero-order chi connectivity index (χ0) is 18.4. The van der Waals surface area contributed by atoms with Gasteiger partial charge in [0.25, 0.3) is 0 Å². The van der Waals surface area contributed by atoms with Crippen molar-refractivity contribution >= 4 is 52.7 Å². The first-order chi connectivity index (χ1) is 11.9. The summed E-state index contributed by atoms with van der Waals surface area (Å²) in [6, 6.07) is 11.9. The molecule has 1 N–H and O–H groups in total. The SMILES string of the molecule is COC(=O)N(C)c1ccc(NC(=O)/C=C/c2c(Cl)cccc2Cl)cc1. The number of hydrogen-bond donors (Lipinski definition) is 1. The summed E-state index contributed by atoms with van der Waals surface area (Å²) in [7, 11) is 2.90. The lowest BCUT2D eigenvalue weighted by Crippen LogP contribution is -2.25. The molecule has 2 aromatic carbocycles. The number of rotatable bonds is 4. The predicted molar refractivity (Wildman–Crippen MR) is 101 cm³/mol. The summed E-state index contributed by atoms with van der Waals surface area (Å²) in [6.07, 6.45) is 2.43. The molecule has 5 nitrogen and oxygen atoms in total. The minimum atomic E-state index is -0.476. The Balaban J connectivity index is 2.03.